The molecule has 5 aliphatic carbocycles. The Kier molecular flexibility index (Phi) is 8.92. The van der Waals surface area contributed by atoms with Gasteiger partial charge in [0.25, 0.3) is 0 Å². The molecule has 3 heteroatoms. The average molecular weight is 954 g/mol. The summed E-state index contributed by atoms with van der Waals surface area (Å²) in [5.74, 6) is 0.431. The van der Waals surface area contributed by atoms with E-state index in [1.807, 2.05) is 24.8 Å². The lowest BCUT2D eigenvalue weighted by Gasteiger charge is -2.42. The van der Waals surface area contributed by atoms with Crippen molar-refractivity contribution in [2.45, 2.75) is 19.3 Å². The second-order valence-corrected chi connectivity index (χ2v) is 21.4. The summed E-state index contributed by atoms with van der Waals surface area (Å²) in [5.41, 5.74) is 25.9. The largest absolute Gasteiger partial charge is 0.265 e. The van der Waals surface area contributed by atoms with Gasteiger partial charge < -0.3 is 0 Å². The van der Waals surface area contributed by atoms with Crippen molar-refractivity contribution in [2.24, 2.45) is 11.8 Å². The standard InChI is InChI=1S/C72H47N3/c1-72(2)63-9-5-3-7-61(63)71-70(72)69(62-8-4-6-10-64(62)75-71)49-13-11-42(12-14-49)50-39-51(55-25-17-47-19-27-57-53(43-31-35-73-36-32-43)23-15-45-21-29-59(55)67(47)65(45)57)41-52(40-50)56-26-18-48-20-28-58-54(44-33-37-74-38-34-44)24-16-46-22-30-60(56)68(48)66(46)58/h3-41,65,67H,1-2H3. The number of aromatic nitrogens is 3. The van der Waals surface area contributed by atoms with Crippen LogP contribution in [0.1, 0.15) is 36.1 Å². The fourth-order valence-electron chi connectivity index (χ4n) is 13.8. The smallest absolute Gasteiger partial charge is 0.0759 e. The lowest BCUT2D eigenvalue weighted by molar-refractivity contribution is 0.569. The van der Waals surface area contributed by atoms with E-state index < -0.39 is 0 Å². The molecule has 350 valence electrons. The first-order valence-electron chi connectivity index (χ1n) is 26.2. The number of allylic oxidation sites excluding steroid dienone is 14. The van der Waals surface area contributed by atoms with Gasteiger partial charge in [-0.2, -0.15) is 0 Å². The lowest BCUT2D eigenvalue weighted by atomic mass is 9.61. The third-order valence-electron chi connectivity index (χ3n) is 17.2. The van der Waals surface area contributed by atoms with Crippen LogP contribution in [0.5, 0.6) is 0 Å². The highest BCUT2D eigenvalue weighted by Gasteiger charge is 2.42. The van der Waals surface area contributed by atoms with E-state index in [4.69, 9.17) is 4.98 Å². The van der Waals surface area contributed by atoms with Crippen LogP contribution < -0.4 is 0 Å². The molecule has 2 unspecified atom stereocenters. The van der Waals surface area contributed by atoms with Crippen LogP contribution in [0.25, 0.3) is 110 Å². The molecule has 8 aromatic carbocycles. The van der Waals surface area contributed by atoms with Gasteiger partial charge in [0.2, 0.25) is 0 Å². The zero-order valence-corrected chi connectivity index (χ0v) is 41.5. The summed E-state index contributed by atoms with van der Waals surface area (Å²) in [7, 11) is 0. The van der Waals surface area contributed by atoms with E-state index in [0.717, 1.165) is 11.2 Å². The first kappa shape index (κ1) is 42.2. The van der Waals surface area contributed by atoms with Crippen molar-refractivity contribution >= 4 is 54.4 Å². The van der Waals surface area contributed by atoms with Gasteiger partial charge in [-0.3, -0.25) is 9.97 Å². The molecule has 75 heavy (non-hydrogen) atoms. The Hall–Kier alpha value is -9.31. The van der Waals surface area contributed by atoms with E-state index in [9.17, 15) is 0 Å². The molecule has 5 aliphatic rings. The van der Waals surface area contributed by atoms with Crippen molar-refractivity contribution in [1.29, 1.82) is 0 Å². The average Bonchev–Trinajstić information content (AvgIpc) is 3.77. The molecule has 3 aromatic heterocycles. The molecule has 0 saturated carbocycles. The van der Waals surface area contributed by atoms with Crippen molar-refractivity contribution in [3.05, 3.63) is 282 Å². The summed E-state index contributed by atoms with van der Waals surface area (Å²) >= 11 is 0. The third-order valence-corrected chi connectivity index (χ3v) is 17.2. The van der Waals surface area contributed by atoms with Crippen molar-refractivity contribution in [3.8, 4) is 55.8 Å². The monoisotopic (exact) mass is 953 g/mol. The van der Waals surface area contributed by atoms with E-state index in [0.29, 0.717) is 0 Å². The Morgan fingerprint density at radius 1 is 0.427 bits per heavy atom. The summed E-state index contributed by atoms with van der Waals surface area (Å²) in [5, 5.41) is 8.80. The fraction of sp³-hybridized carbons (Fsp3) is 0.0694. The molecule has 11 aromatic rings. The first-order chi connectivity index (χ1) is 36.9. The zero-order chi connectivity index (χ0) is 49.5. The van der Waals surface area contributed by atoms with Crippen LogP contribution in [0.3, 0.4) is 0 Å². The molecule has 16 rings (SSSR count). The van der Waals surface area contributed by atoms with Gasteiger partial charge in [0.1, 0.15) is 0 Å². The molecule has 3 nitrogen and oxygen atoms in total. The van der Waals surface area contributed by atoms with Gasteiger partial charge in [-0.25, -0.2) is 4.98 Å². The van der Waals surface area contributed by atoms with Gasteiger partial charge in [-0.15, -0.1) is 0 Å². The lowest BCUT2D eigenvalue weighted by Crippen LogP contribution is -2.30. The fourth-order valence-corrected chi connectivity index (χ4v) is 13.8. The maximum absolute atomic E-state index is 5.35. The van der Waals surface area contributed by atoms with E-state index >= 15 is 0 Å². The summed E-state index contributed by atoms with van der Waals surface area (Å²) < 4.78 is 0. The second-order valence-electron chi connectivity index (χ2n) is 21.4. The van der Waals surface area contributed by atoms with Crippen LogP contribution >= 0.6 is 0 Å². The molecule has 0 saturated heterocycles. The van der Waals surface area contributed by atoms with E-state index in [-0.39, 0.29) is 17.3 Å². The normalized spacial score (nSPS) is 17.7. The number of nitrogens with zero attached hydrogens (tertiary/aromatic N) is 3. The van der Waals surface area contributed by atoms with E-state index in [1.54, 1.807) is 0 Å². The summed E-state index contributed by atoms with van der Waals surface area (Å²) in [6.07, 6.45) is 26.5. The molecular weight excluding hydrogens is 907 g/mol. The number of hydrogen-bond donors (Lipinski definition) is 0. The maximum Gasteiger partial charge on any atom is 0.0759 e. The number of hydrogen-bond acceptors (Lipinski definition) is 3. The van der Waals surface area contributed by atoms with Gasteiger partial charge >= 0.3 is 0 Å². The van der Waals surface area contributed by atoms with Gasteiger partial charge in [-0.1, -0.05) is 178 Å². The van der Waals surface area contributed by atoms with Gasteiger partial charge in [0.15, 0.2) is 0 Å². The zero-order valence-electron chi connectivity index (χ0n) is 41.5. The maximum atomic E-state index is 5.35. The summed E-state index contributed by atoms with van der Waals surface area (Å²) in [6.45, 7) is 4.72. The predicted molar refractivity (Wildman–Crippen MR) is 311 cm³/mol. The Morgan fingerprint density at radius 3 is 1.81 bits per heavy atom. The quantitative estimate of drug-likeness (QED) is 0.156. The highest BCUT2D eigenvalue weighted by molar-refractivity contribution is 6.27. The van der Waals surface area contributed by atoms with Gasteiger partial charge in [0.05, 0.1) is 11.2 Å². The van der Waals surface area contributed by atoms with Gasteiger partial charge in [-0.05, 0) is 181 Å². The third kappa shape index (κ3) is 6.19. The van der Waals surface area contributed by atoms with Crippen molar-refractivity contribution < 1.29 is 0 Å². The predicted octanol–water partition coefficient (Wildman–Crippen LogP) is 17.9. The molecule has 0 radical (unpaired) electrons. The molecule has 2 atom stereocenters. The second kappa shape index (κ2) is 15.8. The molecule has 0 amide bonds. The number of benzene rings is 8. The van der Waals surface area contributed by atoms with E-state index in [2.05, 4.69) is 236 Å². The minimum Gasteiger partial charge on any atom is -0.265 e. The Morgan fingerprint density at radius 2 is 1.04 bits per heavy atom. The Bertz CT molecular complexity index is 4520. The van der Waals surface area contributed by atoms with Crippen LogP contribution in [-0.2, 0) is 5.41 Å². The highest BCUT2D eigenvalue weighted by atomic mass is 14.7. The SMILES string of the molecule is CC1(C)c2ccccc2-c2nc3ccccc3c(-c3ccc(-c4cc(C5=CC=C6C=CC7=C(c8ccncc8)C=CC8=CC=C5C6C87)cc(-c5ccc6ccc7c(-c8ccncc8)ccc8ccc5c6c87)c4)cc3)c21. The summed E-state index contributed by atoms with van der Waals surface area (Å²) in [6, 6.07) is 61.3. The minimum absolute atomic E-state index is 0.203. The topological polar surface area (TPSA) is 38.7 Å². The van der Waals surface area contributed by atoms with E-state index in [1.165, 1.54) is 143 Å². The van der Waals surface area contributed by atoms with Crippen molar-refractivity contribution in [3.63, 3.8) is 0 Å². The molecular formula is C72H47N3. The Balaban J connectivity index is 0.886. The van der Waals surface area contributed by atoms with Crippen LogP contribution in [0.15, 0.2) is 259 Å². The highest BCUT2D eigenvalue weighted by Crippen LogP contribution is 2.56. The molecule has 0 bridgehead atoms. The molecule has 0 fully saturated rings. The molecule has 0 N–H and O–H groups in total. The molecule has 0 aliphatic heterocycles. The number of fused-ring (bicyclic) bond motifs is 4. The van der Waals surface area contributed by atoms with Crippen LogP contribution in [0, 0.1) is 11.8 Å². The number of pyridine rings is 3. The van der Waals surface area contributed by atoms with Crippen molar-refractivity contribution in [2.75, 3.05) is 0 Å². The molecule has 3 heterocycles. The molecule has 0 spiro atoms. The Labute approximate surface area is 435 Å². The van der Waals surface area contributed by atoms with Crippen LogP contribution in [0.2, 0.25) is 0 Å². The minimum atomic E-state index is -0.216. The first-order valence-corrected chi connectivity index (χ1v) is 26.2. The summed E-state index contributed by atoms with van der Waals surface area (Å²) in [4.78, 5) is 14.0. The van der Waals surface area contributed by atoms with Gasteiger partial charge in [0, 0.05) is 53.0 Å². The van der Waals surface area contributed by atoms with Crippen LogP contribution in [-0.4, -0.2) is 15.0 Å². The number of rotatable bonds is 6. The van der Waals surface area contributed by atoms with Crippen molar-refractivity contribution in [1.82, 2.24) is 15.0 Å². The number of para-hydroxylation sites is 1. The van der Waals surface area contributed by atoms with Crippen LogP contribution in [0.4, 0.5) is 0 Å².